The molecule has 158 valence electrons. The number of aryl methyl sites for hydroxylation is 1. The number of fused-ring (bicyclic) bond motifs is 2. The number of carbonyl (C=O) groups is 1. The van der Waals surface area contributed by atoms with Crippen LogP contribution in [0.1, 0.15) is 22.8 Å². The van der Waals surface area contributed by atoms with Crippen LogP contribution >= 0.6 is 0 Å². The summed E-state index contributed by atoms with van der Waals surface area (Å²) in [5, 5.41) is 10.5. The zero-order valence-electron chi connectivity index (χ0n) is 17.5. The first-order valence-corrected chi connectivity index (χ1v) is 10.6. The van der Waals surface area contributed by atoms with E-state index in [1.54, 1.807) is 16.8 Å². The van der Waals surface area contributed by atoms with E-state index in [0.29, 0.717) is 23.4 Å². The lowest BCUT2D eigenvalue weighted by Crippen LogP contribution is -2.35. The average molecular weight is 416 g/mol. The molecule has 5 rings (SSSR count). The molecule has 0 spiro atoms. The summed E-state index contributed by atoms with van der Waals surface area (Å²) in [6, 6.07) is 17.4. The minimum atomic E-state index is -0.397. The molecular weight excluding hydrogens is 392 g/mol. The van der Waals surface area contributed by atoms with Crippen molar-refractivity contribution in [1.82, 2.24) is 19.9 Å². The van der Waals surface area contributed by atoms with Gasteiger partial charge in [0.1, 0.15) is 11.3 Å². The zero-order chi connectivity index (χ0) is 21.2. The van der Waals surface area contributed by atoms with Gasteiger partial charge >= 0.3 is 5.97 Å². The Morgan fingerprint density at radius 2 is 1.94 bits per heavy atom. The van der Waals surface area contributed by atoms with Gasteiger partial charge in [0, 0.05) is 31.7 Å². The molecule has 0 aliphatic carbocycles. The average Bonchev–Trinajstić information content (AvgIpc) is 3.23. The molecule has 0 unspecified atom stereocenters. The molecule has 0 atom stereocenters. The van der Waals surface area contributed by atoms with Crippen LogP contribution < -0.4 is 4.74 Å². The van der Waals surface area contributed by atoms with Crippen molar-refractivity contribution in [2.45, 2.75) is 20.0 Å². The summed E-state index contributed by atoms with van der Waals surface area (Å²) in [6.45, 7) is 6.60. The first-order chi connectivity index (χ1) is 15.2. The predicted octanol–water partition coefficient (Wildman–Crippen LogP) is 3.66. The third kappa shape index (κ3) is 3.89. The minimum Gasteiger partial charge on any atom is -0.423 e. The van der Waals surface area contributed by atoms with Crippen molar-refractivity contribution in [3.05, 3.63) is 65.7 Å². The summed E-state index contributed by atoms with van der Waals surface area (Å²) in [5.74, 6) is 0.193. The van der Waals surface area contributed by atoms with E-state index in [0.717, 1.165) is 54.7 Å². The van der Waals surface area contributed by atoms with Crippen molar-refractivity contribution in [3.63, 3.8) is 0 Å². The Morgan fingerprint density at radius 1 is 1.10 bits per heavy atom. The number of nitrogens with zero attached hydrogens (tertiary/aromatic N) is 4. The minimum absolute atomic E-state index is 0.397. The summed E-state index contributed by atoms with van der Waals surface area (Å²) in [6.07, 6.45) is 0. The van der Waals surface area contributed by atoms with E-state index in [2.05, 4.69) is 27.3 Å². The van der Waals surface area contributed by atoms with E-state index in [1.165, 1.54) is 0 Å². The molecule has 7 nitrogen and oxygen atoms in total. The van der Waals surface area contributed by atoms with Crippen LogP contribution in [0.2, 0.25) is 0 Å². The summed E-state index contributed by atoms with van der Waals surface area (Å²) in [5.41, 5.74) is 3.06. The number of carbonyl (C=O) groups excluding carboxylic acids is 1. The fraction of sp³-hybridized carbons (Fsp3) is 0.292. The maximum absolute atomic E-state index is 13.0. The highest BCUT2D eigenvalue weighted by molar-refractivity contribution is 5.96. The van der Waals surface area contributed by atoms with E-state index in [4.69, 9.17) is 9.47 Å². The van der Waals surface area contributed by atoms with Crippen LogP contribution in [0.25, 0.3) is 21.8 Å². The molecule has 1 aromatic heterocycles. The van der Waals surface area contributed by atoms with Crippen molar-refractivity contribution in [2.24, 2.45) is 0 Å². The molecule has 3 aromatic carbocycles. The Labute approximate surface area is 180 Å². The van der Waals surface area contributed by atoms with Gasteiger partial charge in [-0.1, -0.05) is 35.5 Å². The normalized spacial score (nSPS) is 14.9. The quantitative estimate of drug-likeness (QED) is 0.365. The number of benzene rings is 3. The highest BCUT2D eigenvalue weighted by atomic mass is 16.5. The number of rotatable bonds is 5. The van der Waals surface area contributed by atoms with Crippen molar-refractivity contribution >= 4 is 27.8 Å². The molecular formula is C24H24N4O3. The van der Waals surface area contributed by atoms with Gasteiger partial charge in [0.25, 0.3) is 0 Å². The molecule has 0 amide bonds. The smallest absolute Gasteiger partial charge is 0.343 e. The van der Waals surface area contributed by atoms with Gasteiger partial charge in [-0.3, -0.25) is 4.90 Å². The highest BCUT2D eigenvalue weighted by Gasteiger charge is 2.19. The zero-order valence-corrected chi connectivity index (χ0v) is 17.5. The number of esters is 1. The van der Waals surface area contributed by atoms with E-state index in [-0.39, 0.29) is 0 Å². The lowest BCUT2D eigenvalue weighted by atomic mass is 10.0. The first kappa shape index (κ1) is 19.7. The maximum Gasteiger partial charge on any atom is 0.343 e. The second kappa shape index (κ2) is 8.45. The monoisotopic (exact) mass is 416 g/mol. The van der Waals surface area contributed by atoms with Crippen LogP contribution in [0.4, 0.5) is 0 Å². The van der Waals surface area contributed by atoms with Gasteiger partial charge in [0.2, 0.25) is 0 Å². The molecule has 1 fully saturated rings. The second-order valence-corrected chi connectivity index (χ2v) is 7.65. The topological polar surface area (TPSA) is 69.5 Å². The lowest BCUT2D eigenvalue weighted by Gasteiger charge is -2.27. The molecule has 0 N–H and O–H groups in total. The molecule has 31 heavy (non-hydrogen) atoms. The number of aromatic nitrogens is 3. The highest BCUT2D eigenvalue weighted by Crippen LogP contribution is 2.30. The first-order valence-electron chi connectivity index (χ1n) is 10.6. The summed E-state index contributed by atoms with van der Waals surface area (Å²) in [4.78, 5) is 15.3. The predicted molar refractivity (Wildman–Crippen MR) is 118 cm³/mol. The number of hydrogen-bond acceptors (Lipinski definition) is 6. The molecule has 7 heteroatoms. The number of morpholine rings is 1. The van der Waals surface area contributed by atoms with Gasteiger partial charge in [-0.05, 0) is 42.0 Å². The van der Waals surface area contributed by atoms with Crippen LogP contribution in [0.15, 0.2) is 54.6 Å². The number of ether oxygens (including phenoxy) is 2. The van der Waals surface area contributed by atoms with Crippen molar-refractivity contribution < 1.29 is 14.3 Å². The molecule has 0 radical (unpaired) electrons. The SMILES string of the molecule is CCn1nnc2cc(C(=O)Oc3ccc4ccccc4c3CN3CCOCC3)ccc21. The van der Waals surface area contributed by atoms with E-state index < -0.39 is 5.97 Å². The van der Waals surface area contributed by atoms with Crippen LogP contribution in [-0.2, 0) is 17.8 Å². The molecule has 1 aliphatic heterocycles. The Bertz CT molecular complexity index is 1240. The van der Waals surface area contributed by atoms with Crippen LogP contribution in [-0.4, -0.2) is 52.2 Å². The van der Waals surface area contributed by atoms with E-state index >= 15 is 0 Å². The number of hydrogen-bond donors (Lipinski definition) is 0. The fourth-order valence-corrected chi connectivity index (χ4v) is 4.05. The van der Waals surface area contributed by atoms with Crippen LogP contribution in [0, 0.1) is 0 Å². The van der Waals surface area contributed by atoms with Gasteiger partial charge in [0.05, 0.1) is 24.3 Å². The molecule has 0 bridgehead atoms. The molecule has 1 saturated heterocycles. The van der Waals surface area contributed by atoms with Gasteiger partial charge < -0.3 is 9.47 Å². The molecule has 2 heterocycles. The van der Waals surface area contributed by atoms with Gasteiger partial charge in [-0.15, -0.1) is 5.10 Å². The molecule has 0 saturated carbocycles. The molecule has 4 aromatic rings. The van der Waals surface area contributed by atoms with Crippen molar-refractivity contribution in [3.8, 4) is 5.75 Å². The third-order valence-electron chi connectivity index (χ3n) is 5.73. The maximum atomic E-state index is 13.0. The van der Waals surface area contributed by atoms with Crippen molar-refractivity contribution in [1.29, 1.82) is 0 Å². The fourth-order valence-electron chi connectivity index (χ4n) is 4.05. The summed E-state index contributed by atoms with van der Waals surface area (Å²) in [7, 11) is 0. The van der Waals surface area contributed by atoms with Crippen LogP contribution in [0.3, 0.4) is 0 Å². The molecule has 1 aliphatic rings. The lowest BCUT2D eigenvalue weighted by molar-refractivity contribution is 0.0339. The standard InChI is InChI=1S/C24H24N4O3/c1-2-28-22-9-7-18(15-21(22)25-26-28)24(29)31-23-10-8-17-5-3-4-6-19(17)20(23)16-27-11-13-30-14-12-27/h3-10,15H,2,11-14,16H2,1H3. The van der Waals surface area contributed by atoms with Gasteiger partial charge in [-0.25, -0.2) is 9.48 Å². The second-order valence-electron chi connectivity index (χ2n) is 7.65. The summed E-state index contributed by atoms with van der Waals surface area (Å²) >= 11 is 0. The van der Waals surface area contributed by atoms with E-state index in [9.17, 15) is 4.79 Å². The Morgan fingerprint density at radius 3 is 2.77 bits per heavy atom. The Kier molecular flexibility index (Phi) is 5.36. The van der Waals surface area contributed by atoms with Crippen LogP contribution in [0.5, 0.6) is 5.75 Å². The third-order valence-corrected chi connectivity index (χ3v) is 5.73. The van der Waals surface area contributed by atoms with E-state index in [1.807, 2.05) is 37.3 Å². The van der Waals surface area contributed by atoms with Crippen molar-refractivity contribution in [2.75, 3.05) is 26.3 Å². The van der Waals surface area contributed by atoms with Gasteiger partial charge in [-0.2, -0.15) is 0 Å². The Hall–Kier alpha value is -3.29. The summed E-state index contributed by atoms with van der Waals surface area (Å²) < 4.78 is 13.2. The Balaban J connectivity index is 1.47. The largest absolute Gasteiger partial charge is 0.423 e. The van der Waals surface area contributed by atoms with Gasteiger partial charge in [0.15, 0.2) is 0 Å².